The van der Waals surface area contributed by atoms with Gasteiger partial charge in [0, 0.05) is 6.42 Å². The highest BCUT2D eigenvalue weighted by molar-refractivity contribution is 5.45. The van der Waals surface area contributed by atoms with E-state index in [0.717, 1.165) is 0 Å². The number of carbonyl (C=O) groups is 1. The van der Waals surface area contributed by atoms with E-state index in [1.807, 2.05) is 6.92 Å². The molecular formula is C6H9N3O2. The third-order valence-electron chi connectivity index (χ3n) is 1.16. The Kier molecular flexibility index (Phi) is 2.59. The van der Waals surface area contributed by atoms with E-state index < -0.39 is 0 Å². The average molecular weight is 155 g/mol. The van der Waals surface area contributed by atoms with Crippen LogP contribution in [0.2, 0.25) is 0 Å². The molecule has 0 saturated carbocycles. The normalized spacial score (nSPS) is 9.55. The van der Waals surface area contributed by atoms with Gasteiger partial charge >= 0.3 is 0 Å². The molecule has 1 aromatic rings. The van der Waals surface area contributed by atoms with Crippen LogP contribution in [0.1, 0.15) is 18.6 Å². The maximum Gasteiger partial charge on any atom is 0.226 e. The van der Waals surface area contributed by atoms with Crippen molar-refractivity contribution in [2.24, 2.45) is 0 Å². The lowest BCUT2D eigenvalue weighted by Crippen LogP contribution is -2.10. The van der Waals surface area contributed by atoms with Gasteiger partial charge in [0.15, 0.2) is 5.82 Å². The molecule has 0 bridgehead atoms. The molecule has 1 N–H and O–H groups in total. The van der Waals surface area contributed by atoms with E-state index in [1.165, 1.54) is 0 Å². The third-order valence-corrected chi connectivity index (χ3v) is 1.16. The Hall–Kier alpha value is -1.39. The molecule has 0 aliphatic heterocycles. The molecule has 60 valence electrons. The number of carbonyl (C=O) groups excluding carboxylic acids is 1. The highest BCUT2D eigenvalue weighted by atomic mass is 16.5. The lowest BCUT2D eigenvalue weighted by molar-refractivity contribution is -0.109. The van der Waals surface area contributed by atoms with E-state index in [4.69, 9.17) is 4.52 Å². The Morgan fingerprint density at radius 3 is 3.09 bits per heavy atom. The first kappa shape index (κ1) is 7.71. The smallest absolute Gasteiger partial charge is 0.226 e. The molecule has 0 spiro atoms. The van der Waals surface area contributed by atoms with Crippen LogP contribution in [0, 0.1) is 0 Å². The second-order valence-electron chi connectivity index (χ2n) is 1.96. The minimum atomic E-state index is 0.326. The molecule has 0 aromatic carbocycles. The summed E-state index contributed by atoms with van der Waals surface area (Å²) in [7, 11) is 0. The first-order chi connectivity index (χ1) is 5.36. The molecule has 1 rings (SSSR count). The summed E-state index contributed by atoms with van der Waals surface area (Å²) in [4.78, 5) is 13.8. The molecule has 0 aliphatic carbocycles. The molecule has 1 heterocycles. The van der Waals surface area contributed by atoms with E-state index in [2.05, 4.69) is 15.5 Å². The highest BCUT2D eigenvalue weighted by Crippen LogP contribution is 1.96. The van der Waals surface area contributed by atoms with Crippen molar-refractivity contribution in [1.29, 1.82) is 0 Å². The van der Waals surface area contributed by atoms with Crippen LogP contribution in [0.4, 0.5) is 0 Å². The number of hydrogen-bond acceptors (Lipinski definition) is 4. The second-order valence-corrected chi connectivity index (χ2v) is 1.96. The molecule has 0 saturated heterocycles. The second kappa shape index (κ2) is 3.70. The molecule has 0 fully saturated rings. The number of nitrogens with zero attached hydrogens (tertiary/aromatic N) is 2. The number of nitrogens with one attached hydrogen (secondary N) is 1. The number of aromatic nitrogens is 2. The molecule has 0 atom stereocenters. The standard InChI is InChI=1S/C6H9N3O2/c1-2-6-8-5(9-11-6)3-7-4-10/h4H,2-3H2,1H3,(H,7,10). The van der Waals surface area contributed by atoms with Gasteiger partial charge in [0.2, 0.25) is 12.3 Å². The quantitative estimate of drug-likeness (QED) is 0.615. The Morgan fingerprint density at radius 1 is 1.73 bits per heavy atom. The van der Waals surface area contributed by atoms with Crippen molar-refractivity contribution in [2.45, 2.75) is 19.9 Å². The van der Waals surface area contributed by atoms with Gasteiger partial charge in [0.25, 0.3) is 0 Å². The van der Waals surface area contributed by atoms with Crippen LogP contribution in [-0.2, 0) is 17.8 Å². The topological polar surface area (TPSA) is 68.0 Å². The van der Waals surface area contributed by atoms with E-state index in [0.29, 0.717) is 31.1 Å². The zero-order valence-corrected chi connectivity index (χ0v) is 6.20. The zero-order valence-electron chi connectivity index (χ0n) is 6.20. The summed E-state index contributed by atoms with van der Waals surface area (Å²) in [6.45, 7) is 2.25. The summed E-state index contributed by atoms with van der Waals surface area (Å²) in [5.41, 5.74) is 0. The van der Waals surface area contributed by atoms with Gasteiger partial charge in [-0.15, -0.1) is 0 Å². The van der Waals surface area contributed by atoms with Crippen LogP contribution in [0.25, 0.3) is 0 Å². The number of amides is 1. The summed E-state index contributed by atoms with van der Waals surface area (Å²) < 4.78 is 4.79. The largest absolute Gasteiger partial charge is 0.351 e. The summed E-state index contributed by atoms with van der Waals surface area (Å²) in [5.74, 6) is 1.10. The summed E-state index contributed by atoms with van der Waals surface area (Å²) in [5, 5.41) is 6.05. The Labute approximate surface area is 63.8 Å². The minimum Gasteiger partial charge on any atom is -0.351 e. The molecule has 0 aliphatic rings. The summed E-state index contributed by atoms with van der Waals surface area (Å²) in [6, 6.07) is 0. The van der Waals surface area contributed by atoms with E-state index >= 15 is 0 Å². The third kappa shape index (κ3) is 2.03. The monoisotopic (exact) mass is 155 g/mol. The predicted molar refractivity (Wildman–Crippen MR) is 36.6 cm³/mol. The van der Waals surface area contributed by atoms with Crippen molar-refractivity contribution in [3.8, 4) is 0 Å². The first-order valence-electron chi connectivity index (χ1n) is 3.35. The van der Waals surface area contributed by atoms with Crippen LogP contribution in [0.3, 0.4) is 0 Å². The fourth-order valence-electron chi connectivity index (χ4n) is 0.639. The first-order valence-corrected chi connectivity index (χ1v) is 3.35. The molecule has 1 aromatic heterocycles. The van der Waals surface area contributed by atoms with Crippen molar-refractivity contribution in [2.75, 3.05) is 0 Å². The van der Waals surface area contributed by atoms with E-state index in [1.54, 1.807) is 0 Å². The molecule has 5 heteroatoms. The SMILES string of the molecule is CCc1nc(CNC=O)no1. The molecule has 5 nitrogen and oxygen atoms in total. The Balaban J connectivity index is 2.50. The lowest BCUT2D eigenvalue weighted by atomic mass is 10.5. The molecule has 0 radical (unpaired) electrons. The lowest BCUT2D eigenvalue weighted by Gasteiger charge is -1.87. The number of hydrogen-bond donors (Lipinski definition) is 1. The van der Waals surface area contributed by atoms with Crippen LogP contribution >= 0.6 is 0 Å². The fraction of sp³-hybridized carbons (Fsp3) is 0.500. The maximum absolute atomic E-state index is 9.86. The van der Waals surface area contributed by atoms with Crippen molar-refractivity contribution in [3.05, 3.63) is 11.7 Å². The predicted octanol–water partition coefficient (Wildman–Crippen LogP) is -0.122. The van der Waals surface area contributed by atoms with Gasteiger partial charge in [-0.25, -0.2) is 0 Å². The van der Waals surface area contributed by atoms with Crippen LogP contribution < -0.4 is 5.32 Å². The van der Waals surface area contributed by atoms with Gasteiger partial charge in [-0.05, 0) is 0 Å². The molecule has 11 heavy (non-hydrogen) atoms. The van der Waals surface area contributed by atoms with E-state index in [-0.39, 0.29) is 0 Å². The van der Waals surface area contributed by atoms with Crippen molar-refractivity contribution >= 4 is 6.41 Å². The maximum atomic E-state index is 9.86. The average Bonchev–Trinajstić information content (AvgIpc) is 2.48. The molecule has 0 unspecified atom stereocenters. The summed E-state index contributed by atoms with van der Waals surface area (Å²) >= 11 is 0. The zero-order chi connectivity index (χ0) is 8.10. The highest BCUT2D eigenvalue weighted by Gasteiger charge is 2.01. The number of aryl methyl sites for hydroxylation is 1. The van der Waals surface area contributed by atoms with Crippen molar-refractivity contribution in [1.82, 2.24) is 15.5 Å². The van der Waals surface area contributed by atoms with Crippen LogP contribution in [0.5, 0.6) is 0 Å². The van der Waals surface area contributed by atoms with Gasteiger partial charge in [-0.2, -0.15) is 4.98 Å². The van der Waals surface area contributed by atoms with Crippen LogP contribution in [-0.4, -0.2) is 16.6 Å². The number of rotatable bonds is 4. The molecular weight excluding hydrogens is 146 g/mol. The van der Waals surface area contributed by atoms with E-state index in [9.17, 15) is 4.79 Å². The van der Waals surface area contributed by atoms with Gasteiger partial charge in [0.05, 0.1) is 6.54 Å². The van der Waals surface area contributed by atoms with Crippen LogP contribution in [0.15, 0.2) is 4.52 Å². The van der Waals surface area contributed by atoms with Crippen molar-refractivity contribution in [3.63, 3.8) is 0 Å². The van der Waals surface area contributed by atoms with Gasteiger partial charge in [-0.3, -0.25) is 4.79 Å². The Morgan fingerprint density at radius 2 is 2.55 bits per heavy atom. The Bertz CT molecular complexity index is 233. The minimum absolute atomic E-state index is 0.326. The van der Waals surface area contributed by atoms with Gasteiger partial charge < -0.3 is 9.84 Å². The van der Waals surface area contributed by atoms with Gasteiger partial charge in [-0.1, -0.05) is 12.1 Å². The van der Waals surface area contributed by atoms with Gasteiger partial charge in [0.1, 0.15) is 0 Å². The summed E-state index contributed by atoms with van der Waals surface area (Å²) in [6.07, 6.45) is 1.32. The van der Waals surface area contributed by atoms with Crippen molar-refractivity contribution < 1.29 is 9.32 Å². The molecule has 1 amide bonds. The fourth-order valence-corrected chi connectivity index (χ4v) is 0.639.